The summed E-state index contributed by atoms with van der Waals surface area (Å²) in [6.07, 6.45) is 1.83. The first-order valence-electron chi connectivity index (χ1n) is 4.07. The van der Waals surface area contributed by atoms with Crippen LogP contribution in [-0.2, 0) is 4.79 Å². The van der Waals surface area contributed by atoms with Crippen LogP contribution in [0.4, 0.5) is 0 Å². The fraction of sp³-hybridized carbons (Fsp3) is 0.875. The highest BCUT2D eigenvalue weighted by Gasteiger charge is 2.37. The van der Waals surface area contributed by atoms with Crippen LogP contribution in [0.3, 0.4) is 0 Å². The molecule has 0 unspecified atom stereocenters. The highest BCUT2D eigenvalue weighted by molar-refractivity contribution is 14.1. The first-order valence-corrected chi connectivity index (χ1v) is 5.31. The maximum absolute atomic E-state index is 10.6. The molecule has 3 nitrogen and oxygen atoms in total. The summed E-state index contributed by atoms with van der Waals surface area (Å²) in [7, 11) is 0. The quantitative estimate of drug-likeness (QED) is 0.598. The van der Waals surface area contributed by atoms with Crippen LogP contribution in [0.2, 0.25) is 0 Å². The molecular weight excluding hydrogens is 271 g/mol. The molecule has 0 saturated heterocycles. The van der Waals surface area contributed by atoms with Gasteiger partial charge in [0.15, 0.2) is 0 Å². The standard InChI is InChI=1S/C8H15IO3/c1-3-5-8(12,4-2)6(9)7(10)11/h6,12H,3-5H2,1-2H3,(H,10,11)/t6-,8-/m0/s1. The van der Waals surface area contributed by atoms with Crippen LogP contribution in [-0.4, -0.2) is 25.7 Å². The van der Waals surface area contributed by atoms with Crippen molar-refractivity contribution in [2.24, 2.45) is 0 Å². The van der Waals surface area contributed by atoms with Crippen molar-refractivity contribution < 1.29 is 15.0 Å². The molecule has 12 heavy (non-hydrogen) atoms. The monoisotopic (exact) mass is 286 g/mol. The number of carboxylic acid groups (broad SMARTS) is 1. The first-order chi connectivity index (χ1) is 5.48. The van der Waals surface area contributed by atoms with E-state index in [-0.39, 0.29) is 0 Å². The van der Waals surface area contributed by atoms with Crippen LogP contribution >= 0.6 is 22.6 Å². The maximum atomic E-state index is 10.6. The Kier molecular flexibility index (Phi) is 5.08. The van der Waals surface area contributed by atoms with E-state index in [2.05, 4.69) is 0 Å². The van der Waals surface area contributed by atoms with E-state index in [1.54, 1.807) is 22.6 Å². The number of hydrogen-bond acceptors (Lipinski definition) is 2. The molecule has 0 aliphatic carbocycles. The van der Waals surface area contributed by atoms with Crippen LogP contribution in [0.5, 0.6) is 0 Å². The smallest absolute Gasteiger partial charge is 0.319 e. The van der Waals surface area contributed by atoms with Gasteiger partial charge in [0.25, 0.3) is 0 Å². The average molecular weight is 286 g/mol. The van der Waals surface area contributed by atoms with Gasteiger partial charge in [0.05, 0.1) is 5.60 Å². The third-order valence-corrected chi connectivity index (χ3v) is 3.68. The number of carboxylic acids is 1. The lowest BCUT2D eigenvalue weighted by molar-refractivity contribution is -0.141. The highest BCUT2D eigenvalue weighted by atomic mass is 127. The van der Waals surface area contributed by atoms with Gasteiger partial charge in [-0.2, -0.15) is 0 Å². The Morgan fingerprint density at radius 2 is 2.08 bits per heavy atom. The largest absolute Gasteiger partial charge is 0.480 e. The van der Waals surface area contributed by atoms with Crippen molar-refractivity contribution in [1.82, 2.24) is 0 Å². The topological polar surface area (TPSA) is 57.5 Å². The van der Waals surface area contributed by atoms with Gasteiger partial charge in [-0.25, -0.2) is 0 Å². The van der Waals surface area contributed by atoms with E-state index < -0.39 is 15.5 Å². The molecule has 0 heterocycles. The number of aliphatic carboxylic acids is 1. The minimum Gasteiger partial charge on any atom is -0.480 e. The van der Waals surface area contributed by atoms with Crippen molar-refractivity contribution >= 4 is 28.6 Å². The van der Waals surface area contributed by atoms with Gasteiger partial charge in [-0.05, 0) is 12.8 Å². The van der Waals surface area contributed by atoms with Crippen LogP contribution in [0.1, 0.15) is 33.1 Å². The Morgan fingerprint density at radius 3 is 2.33 bits per heavy atom. The third-order valence-electron chi connectivity index (χ3n) is 1.98. The van der Waals surface area contributed by atoms with E-state index in [0.717, 1.165) is 6.42 Å². The zero-order valence-corrected chi connectivity index (χ0v) is 9.54. The SMILES string of the molecule is CCC[C@@](O)(CC)[C@@H](I)C(=O)O. The second-order valence-corrected chi connectivity index (χ2v) is 4.15. The number of carbonyl (C=O) groups is 1. The van der Waals surface area contributed by atoms with Crippen LogP contribution < -0.4 is 0 Å². The molecule has 0 saturated carbocycles. The second kappa shape index (κ2) is 5.01. The number of hydrogen-bond donors (Lipinski definition) is 2. The number of halogens is 1. The van der Waals surface area contributed by atoms with Gasteiger partial charge < -0.3 is 10.2 Å². The van der Waals surface area contributed by atoms with Crippen molar-refractivity contribution in [3.63, 3.8) is 0 Å². The molecule has 0 amide bonds. The lowest BCUT2D eigenvalue weighted by Crippen LogP contribution is -2.42. The maximum Gasteiger partial charge on any atom is 0.319 e. The van der Waals surface area contributed by atoms with Gasteiger partial charge in [-0.15, -0.1) is 0 Å². The molecular formula is C8H15IO3. The van der Waals surface area contributed by atoms with Gasteiger partial charge >= 0.3 is 5.97 Å². The molecule has 0 aliphatic rings. The predicted octanol–water partition coefficient (Wildman–Crippen LogP) is 1.82. The molecule has 0 aromatic rings. The summed E-state index contributed by atoms with van der Waals surface area (Å²) in [6, 6.07) is 0. The van der Waals surface area contributed by atoms with Gasteiger partial charge in [-0.3, -0.25) is 4.79 Å². The normalized spacial score (nSPS) is 18.3. The Balaban J connectivity index is 4.38. The van der Waals surface area contributed by atoms with E-state index in [1.807, 2.05) is 13.8 Å². The summed E-state index contributed by atoms with van der Waals surface area (Å²) < 4.78 is -0.708. The summed E-state index contributed by atoms with van der Waals surface area (Å²) in [6.45, 7) is 3.75. The molecule has 0 aliphatic heterocycles. The minimum absolute atomic E-state index is 0.487. The zero-order valence-electron chi connectivity index (χ0n) is 7.38. The average Bonchev–Trinajstić information content (AvgIpc) is 2.03. The number of rotatable bonds is 5. The van der Waals surface area contributed by atoms with Gasteiger partial charge in [-0.1, -0.05) is 42.9 Å². The summed E-state index contributed by atoms with van der Waals surface area (Å²) in [5.74, 6) is -0.937. The molecule has 0 aromatic carbocycles. The second-order valence-electron chi connectivity index (χ2n) is 2.91. The summed E-state index contributed by atoms with van der Waals surface area (Å²) >= 11 is 1.78. The van der Waals surface area contributed by atoms with Crippen LogP contribution in [0.25, 0.3) is 0 Å². The molecule has 0 spiro atoms. The van der Waals surface area contributed by atoms with E-state index in [9.17, 15) is 9.90 Å². The van der Waals surface area contributed by atoms with E-state index >= 15 is 0 Å². The summed E-state index contributed by atoms with van der Waals surface area (Å²) in [4.78, 5) is 10.6. The molecule has 0 aromatic heterocycles. The Labute approximate surface area is 86.3 Å². The highest BCUT2D eigenvalue weighted by Crippen LogP contribution is 2.27. The van der Waals surface area contributed by atoms with Crippen molar-refractivity contribution in [3.8, 4) is 0 Å². The Morgan fingerprint density at radius 1 is 1.58 bits per heavy atom. The number of alkyl halides is 1. The van der Waals surface area contributed by atoms with Gasteiger partial charge in [0.2, 0.25) is 0 Å². The fourth-order valence-corrected chi connectivity index (χ4v) is 1.90. The molecule has 2 atom stereocenters. The lowest BCUT2D eigenvalue weighted by Gasteiger charge is -2.28. The molecule has 0 radical (unpaired) electrons. The van der Waals surface area contributed by atoms with Crippen molar-refractivity contribution in [1.29, 1.82) is 0 Å². The Bertz CT molecular complexity index is 160. The number of aliphatic hydroxyl groups is 1. The zero-order chi connectivity index (χ0) is 9.78. The summed E-state index contributed by atoms with van der Waals surface area (Å²) in [5, 5.41) is 18.6. The molecule has 4 heteroatoms. The predicted molar refractivity (Wildman–Crippen MR) is 55.6 cm³/mol. The van der Waals surface area contributed by atoms with E-state index in [1.165, 1.54) is 0 Å². The molecule has 2 N–H and O–H groups in total. The molecule has 72 valence electrons. The fourth-order valence-electron chi connectivity index (χ4n) is 1.15. The Hall–Kier alpha value is 0.160. The summed E-state index contributed by atoms with van der Waals surface area (Å²) in [5.41, 5.74) is -1.04. The van der Waals surface area contributed by atoms with Crippen molar-refractivity contribution in [3.05, 3.63) is 0 Å². The molecule has 0 rings (SSSR count). The molecule has 0 fully saturated rings. The van der Waals surface area contributed by atoms with Crippen molar-refractivity contribution in [2.45, 2.75) is 42.6 Å². The van der Waals surface area contributed by atoms with Gasteiger partial charge in [0.1, 0.15) is 3.92 Å². The van der Waals surface area contributed by atoms with E-state index in [4.69, 9.17) is 5.11 Å². The first kappa shape index (κ1) is 12.2. The third kappa shape index (κ3) is 2.90. The van der Waals surface area contributed by atoms with Crippen LogP contribution in [0.15, 0.2) is 0 Å². The lowest BCUT2D eigenvalue weighted by atomic mass is 9.91. The van der Waals surface area contributed by atoms with E-state index in [0.29, 0.717) is 12.8 Å². The van der Waals surface area contributed by atoms with Crippen molar-refractivity contribution in [2.75, 3.05) is 0 Å². The minimum atomic E-state index is -1.04. The van der Waals surface area contributed by atoms with Gasteiger partial charge in [0, 0.05) is 0 Å². The molecule has 0 bridgehead atoms. The van der Waals surface area contributed by atoms with Crippen LogP contribution in [0, 0.1) is 0 Å².